The van der Waals surface area contributed by atoms with Crippen LogP contribution in [0.3, 0.4) is 0 Å². The predicted octanol–water partition coefficient (Wildman–Crippen LogP) is 4.43. The number of methoxy groups -OCH3 is 2. The van der Waals surface area contributed by atoms with E-state index in [1.165, 1.54) is 25.4 Å². The number of hydrogen-bond acceptors (Lipinski definition) is 9. The van der Waals surface area contributed by atoms with Gasteiger partial charge in [-0.15, -0.1) is 5.10 Å². The molecule has 11 heteroatoms. The highest BCUT2D eigenvalue weighted by Gasteiger charge is 2.21. The Morgan fingerprint density at radius 1 is 1.09 bits per heavy atom. The van der Waals surface area contributed by atoms with E-state index in [0.29, 0.717) is 29.3 Å². The van der Waals surface area contributed by atoms with Crippen molar-refractivity contribution in [1.29, 1.82) is 0 Å². The van der Waals surface area contributed by atoms with Gasteiger partial charge in [0, 0.05) is 30.8 Å². The number of benzene rings is 1. The summed E-state index contributed by atoms with van der Waals surface area (Å²) in [7, 11) is 3.06. The summed E-state index contributed by atoms with van der Waals surface area (Å²) in [5.74, 6) is -0.726. The van der Waals surface area contributed by atoms with Gasteiger partial charge in [-0.05, 0) is 48.1 Å². The summed E-state index contributed by atoms with van der Waals surface area (Å²) in [4.78, 5) is 21.6. The molecule has 0 radical (unpaired) electrons. The first kappa shape index (κ1) is 24.2. The van der Waals surface area contributed by atoms with Crippen LogP contribution in [0.15, 0.2) is 48.8 Å². The Kier molecular flexibility index (Phi) is 7.58. The molecule has 0 saturated heterocycles. The van der Waals surface area contributed by atoms with Crippen molar-refractivity contribution < 1.29 is 23.4 Å². The lowest BCUT2D eigenvalue weighted by Gasteiger charge is -2.14. The molecule has 0 unspecified atom stereocenters. The topological polar surface area (TPSA) is 108 Å². The molecule has 0 fully saturated rings. The van der Waals surface area contributed by atoms with Crippen LogP contribution in [-0.2, 0) is 18.0 Å². The Hall–Kier alpha value is -3.96. The Morgan fingerprint density at radius 2 is 1.94 bits per heavy atom. The molecule has 0 aliphatic rings. The fourth-order valence-electron chi connectivity index (χ4n) is 3.29. The van der Waals surface area contributed by atoms with Crippen LogP contribution < -0.4 is 14.8 Å². The molecule has 0 aliphatic carbocycles. The van der Waals surface area contributed by atoms with Crippen LogP contribution in [0.25, 0.3) is 11.1 Å². The standard InChI is InChI=1S/C24H22FN5O4S/c1-14-9-17(21-19(25)5-4-6-20(21)33-3)18(11-26-14)22(31)28-23-29-30-24(35-23)34-13-16-8-7-15(10-27-16)12-32-2/h4-11H,12-13H2,1-3H3,(H,28,29,31). The van der Waals surface area contributed by atoms with Gasteiger partial charge in [0.15, 0.2) is 0 Å². The molecule has 0 atom stereocenters. The average Bonchev–Trinajstić information content (AvgIpc) is 3.30. The van der Waals surface area contributed by atoms with Crippen LogP contribution in [0, 0.1) is 12.7 Å². The van der Waals surface area contributed by atoms with Gasteiger partial charge >= 0.3 is 0 Å². The molecule has 1 amide bonds. The minimum absolute atomic E-state index is 0.164. The molecule has 0 saturated carbocycles. The SMILES string of the molecule is COCc1ccc(COc2nnc(NC(=O)c3cnc(C)cc3-c3c(F)cccc3OC)s2)nc1. The van der Waals surface area contributed by atoms with Crippen molar-refractivity contribution in [1.82, 2.24) is 20.2 Å². The maximum Gasteiger partial charge on any atom is 0.296 e. The van der Waals surface area contributed by atoms with Gasteiger partial charge in [0.2, 0.25) is 5.13 Å². The average molecular weight is 496 g/mol. The first-order valence-corrected chi connectivity index (χ1v) is 11.3. The number of halogens is 1. The fourth-order valence-corrected chi connectivity index (χ4v) is 3.89. The molecule has 1 aromatic carbocycles. The molecule has 35 heavy (non-hydrogen) atoms. The number of aromatic nitrogens is 4. The van der Waals surface area contributed by atoms with E-state index in [9.17, 15) is 9.18 Å². The van der Waals surface area contributed by atoms with Gasteiger partial charge in [-0.25, -0.2) is 4.39 Å². The second-order valence-corrected chi connectivity index (χ2v) is 8.34. The van der Waals surface area contributed by atoms with Crippen LogP contribution in [0.5, 0.6) is 10.9 Å². The van der Waals surface area contributed by atoms with E-state index >= 15 is 0 Å². The summed E-state index contributed by atoms with van der Waals surface area (Å²) in [5.41, 5.74) is 2.98. The molecule has 4 rings (SSSR count). The summed E-state index contributed by atoms with van der Waals surface area (Å²) >= 11 is 1.06. The molecule has 4 aromatic rings. The van der Waals surface area contributed by atoms with Crippen LogP contribution >= 0.6 is 11.3 Å². The number of hydrogen-bond donors (Lipinski definition) is 1. The third kappa shape index (κ3) is 5.76. The second-order valence-electron chi connectivity index (χ2n) is 7.40. The molecule has 0 spiro atoms. The van der Waals surface area contributed by atoms with Gasteiger partial charge in [0.05, 0.1) is 30.5 Å². The van der Waals surface area contributed by atoms with Crippen molar-refractivity contribution in [2.75, 3.05) is 19.5 Å². The van der Waals surface area contributed by atoms with Crippen molar-refractivity contribution in [2.45, 2.75) is 20.1 Å². The number of amides is 1. The number of nitrogens with zero attached hydrogens (tertiary/aromatic N) is 4. The molecule has 0 aliphatic heterocycles. The Bertz CT molecular complexity index is 1330. The molecular formula is C24H22FN5O4S. The number of ether oxygens (including phenoxy) is 3. The molecule has 3 heterocycles. The third-order valence-electron chi connectivity index (χ3n) is 4.92. The Morgan fingerprint density at radius 3 is 2.69 bits per heavy atom. The summed E-state index contributed by atoms with van der Waals surface area (Å²) in [6.07, 6.45) is 3.11. The van der Waals surface area contributed by atoms with Gasteiger partial charge in [0.25, 0.3) is 11.1 Å². The number of nitrogens with one attached hydrogen (secondary N) is 1. The van der Waals surface area contributed by atoms with Crippen LogP contribution in [0.2, 0.25) is 0 Å². The molecular weight excluding hydrogens is 473 g/mol. The van der Waals surface area contributed by atoms with Crippen molar-refractivity contribution in [3.05, 3.63) is 77.1 Å². The second kappa shape index (κ2) is 11.0. The predicted molar refractivity (Wildman–Crippen MR) is 128 cm³/mol. The first-order chi connectivity index (χ1) is 17.0. The normalized spacial score (nSPS) is 10.7. The van der Waals surface area contributed by atoms with Gasteiger partial charge in [0.1, 0.15) is 18.2 Å². The minimum Gasteiger partial charge on any atom is -0.496 e. The maximum atomic E-state index is 14.7. The van der Waals surface area contributed by atoms with E-state index < -0.39 is 11.7 Å². The minimum atomic E-state index is -0.518. The lowest BCUT2D eigenvalue weighted by atomic mass is 9.98. The molecule has 180 valence electrons. The van der Waals surface area contributed by atoms with Crippen molar-refractivity contribution in [3.63, 3.8) is 0 Å². The smallest absolute Gasteiger partial charge is 0.296 e. The highest BCUT2D eigenvalue weighted by atomic mass is 32.1. The zero-order valence-electron chi connectivity index (χ0n) is 19.2. The Labute approximate surface area is 204 Å². The van der Waals surface area contributed by atoms with Crippen LogP contribution in [0.4, 0.5) is 9.52 Å². The first-order valence-electron chi connectivity index (χ1n) is 10.5. The summed E-state index contributed by atoms with van der Waals surface area (Å²) in [6.45, 7) is 2.43. The van der Waals surface area contributed by atoms with Gasteiger partial charge < -0.3 is 14.2 Å². The maximum absolute atomic E-state index is 14.7. The Balaban J connectivity index is 1.49. The lowest BCUT2D eigenvalue weighted by molar-refractivity contribution is 0.102. The number of aryl methyl sites for hydroxylation is 1. The lowest BCUT2D eigenvalue weighted by Crippen LogP contribution is -2.14. The quantitative estimate of drug-likeness (QED) is 0.363. The number of carbonyl (C=O) groups is 1. The zero-order chi connectivity index (χ0) is 24.8. The van der Waals surface area contributed by atoms with Crippen LogP contribution in [-0.4, -0.2) is 40.3 Å². The molecule has 0 bridgehead atoms. The van der Waals surface area contributed by atoms with Crippen molar-refractivity contribution in [3.8, 4) is 22.1 Å². The number of carbonyl (C=O) groups excluding carboxylic acids is 1. The third-order valence-corrected chi connectivity index (χ3v) is 5.67. The zero-order valence-corrected chi connectivity index (χ0v) is 20.1. The molecule has 1 N–H and O–H groups in total. The van der Waals surface area contributed by atoms with E-state index in [0.717, 1.165) is 16.9 Å². The van der Waals surface area contributed by atoms with Crippen molar-refractivity contribution >= 4 is 22.4 Å². The van der Waals surface area contributed by atoms with Gasteiger partial charge in [-0.1, -0.05) is 17.2 Å². The monoisotopic (exact) mass is 495 g/mol. The number of anilines is 1. The van der Waals surface area contributed by atoms with E-state index in [-0.39, 0.29) is 28.1 Å². The fraction of sp³-hybridized carbons (Fsp3) is 0.208. The highest BCUT2D eigenvalue weighted by Crippen LogP contribution is 2.35. The summed E-state index contributed by atoms with van der Waals surface area (Å²) in [6, 6.07) is 9.85. The van der Waals surface area contributed by atoms with Gasteiger partial charge in [-0.3, -0.25) is 20.1 Å². The van der Waals surface area contributed by atoms with Crippen LogP contribution in [0.1, 0.15) is 27.3 Å². The molecule has 9 nitrogen and oxygen atoms in total. The van der Waals surface area contributed by atoms with Gasteiger partial charge in [-0.2, -0.15) is 0 Å². The van der Waals surface area contributed by atoms with Crippen molar-refractivity contribution in [2.24, 2.45) is 0 Å². The van der Waals surface area contributed by atoms with E-state index in [2.05, 4.69) is 25.5 Å². The number of rotatable bonds is 9. The summed E-state index contributed by atoms with van der Waals surface area (Å²) in [5, 5.41) is 11.1. The highest BCUT2D eigenvalue weighted by molar-refractivity contribution is 7.17. The number of pyridine rings is 2. The summed E-state index contributed by atoms with van der Waals surface area (Å²) < 4.78 is 30.8. The molecule has 3 aromatic heterocycles. The van der Waals surface area contributed by atoms with E-state index in [4.69, 9.17) is 14.2 Å². The van der Waals surface area contributed by atoms with E-state index in [1.807, 2.05) is 12.1 Å². The van der Waals surface area contributed by atoms with E-state index in [1.54, 1.807) is 32.4 Å². The largest absolute Gasteiger partial charge is 0.496 e.